The maximum absolute atomic E-state index is 13.0. The third-order valence-corrected chi connectivity index (χ3v) is 4.66. The zero-order chi connectivity index (χ0) is 22.0. The lowest BCUT2D eigenvalue weighted by atomic mass is 10.2. The Labute approximate surface area is 177 Å². The van der Waals surface area contributed by atoms with E-state index in [0.29, 0.717) is 28.6 Å². The first-order chi connectivity index (χ1) is 15.1. The van der Waals surface area contributed by atoms with Gasteiger partial charge in [-0.15, -0.1) is 0 Å². The number of nitrogens with one attached hydrogen (secondary N) is 1. The van der Waals surface area contributed by atoms with Gasteiger partial charge >= 0.3 is 5.97 Å². The number of carbonyl (C=O) groups is 1. The van der Waals surface area contributed by atoms with Crippen molar-refractivity contribution in [3.05, 3.63) is 64.6 Å². The molecule has 2 aromatic heterocycles. The van der Waals surface area contributed by atoms with Gasteiger partial charge in [-0.25, -0.2) is 14.5 Å². The summed E-state index contributed by atoms with van der Waals surface area (Å²) in [5.41, 5.74) is 0.908. The van der Waals surface area contributed by atoms with Gasteiger partial charge in [0.15, 0.2) is 22.8 Å². The summed E-state index contributed by atoms with van der Waals surface area (Å²) in [6, 6.07) is 14.3. The normalized spacial score (nSPS) is 10.8. The molecular formula is C22H20N4O5. The lowest BCUT2D eigenvalue weighted by Gasteiger charge is -2.09. The SMILES string of the molecule is CCOC(=O)c1nn(-c2ccccc2)c2nc(-c3ccc(OC)c(OC)c3)[nH]c(=O)c12. The molecule has 4 rings (SSSR count). The molecule has 9 nitrogen and oxygen atoms in total. The molecule has 0 unspecified atom stereocenters. The maximum atomic E-state index is 13.0. The van der Waals surface area contributed by atoms with Crippen molar-refractivity contribution < 1.29 is 19.0 Å². The second-order valence-electron chi connectivity index (χ2n) is 6.50. The molecule has 158 valence electrons. The number of esters is 1. The highest BCUT2D eigenvalue weighted by Crippen LogP contribution is 2.31. The number of aromatic nitrogens is 4. The van der Waals surface area contributed by atoms with Crippen LogP contribution < -0.4 is 15.0 Å². The summed E-state index contributed by atoms with van der Waals surface area (Å²) in [5, 5.41) is 4.41. The van der Waals surface area contributed by atoms with Crippen LogP contribution in [0, 0.1) is 0 Å². The van der Waals surface area contributed by atoms with E-state index in [9.17, 15) is 9.59 Å². The lowest BCUT2D eigenvalue weighted by molar-refractivity contribution is 0.0521. The topological polar surface area (TPSA) is 108 Å². The van der Waals surface area contributed by atoms with Gasteiger partial charge in [0.2, 0.25) is 0 Å². The number of fused-ring (bicyclic) bond motifs is 1. The summed E-state index contributed by atoms with van der Waals surface area (Å²) >= 11 is 0. The molecule has 0 aliphatic heterocycles. The van der Waals surface area contributed by atoms with Crippen LogP contribution in [-0.4, -0.2) is 46.5 Å². The number of aromatic amines is 1. The monoisotopic (exact) mass is 420 g/mol. The molecule has 0 saturated heterocycles. The van der Waals surface area contributed by atoms with E-state index in [-0.39, 0.29) is 23.3 Å². The van der Waals surface area contributed by atoms with Gasteiger partial charge < -0.3 is 19.2 Å². The second kappa shape index (κ2) is 8.31. The molecule has 0 bridgehead atoms. The van der Waals surface area contributed by atoms with Gasteiger partial charge in [-0.2, -0.15) is 5.10 Å². The fourth-order valence-electron chi connectivity index (χ4n) is 3.24. The Kier molecular flexibility index (Phi) is 5.40. The van der Waals surface area contributed by atoms with E-state index < -0.39 is 11.5 Å². The molecule has 0 radical (unpaired) electrons. The Hall–Kier alpha value is -4.14. The van der Waals surface area contributed by atoms with E-state index >= 15 is 0 Å². The van der Waals surface area contributed by atoms with Crippen LogP contribution >= 0.6 is 0 Å². The molecule has 0 atom stereocenters. The number of carbonyl (C=O) groups excluding carboxylic acids is 1. The first-order valence-electron chi connectivity index (χ1n) is 9.55. The Morgan fingerprint density at radius 1 is 1.06 bits per heavy atom. The molecule has 2 aromatic carbocycles. The van der Waals surface area contributed by atoms with Crippen LogP contribution in [0.2, 0.25) is 0 Å². The van der Waals surface area contributed by atoms with Crippen molar-refractivity contribution in [2.45, 2.75) is 6.92 Å². The van der Waals surface area contributed by atoms with Crippen molar-refractivity contribution in [1.82, 2.24) is 19.7 Å². The fourth-order valence-corrected chi connectivity index (χ4v) is 3.24. The zero-order valence-corrected chi connectivity index (χ0v) is 17.2. The van der Waals surface area contributed by atoms with Crippen molar-refractivity contribution in [2.24, 2.45) is 0 Å². The molecule has 1 N–H and O–H groups in total. The first-order valence-corrected chi connectivity index (χ1v) is 9.55. The molecule has 0 aliphatic rings. The Morgan fingerprint density at radius 3 is 2.48 bits per heavy atom. The van der Waals surface area contributed by atoms with Crippen LogP contribution in [0.5, 0.6) is 11.5 Å². The number of H-pyrrole nitrogens is 1. The van der Waals surface area contributed by atoms with E-state index in [1.165, 1.54) is 11.8 Å². The number of rotatable bonds is 6. The lowest BCUT2D eigenvalue weighted by Crippen LogP contribution is -2.13. The molecule has 0 saturated carbocycles. The molecule has 4 aromatic rings. The predicted molar refractivity (Wildman–Crippen MR) is 114 cm³/mol. The van der Waals surface area contributed by atoms with Crippen LogP contribution in [0.15, 0.2) is 53.3 Å². The Morgan fingerprint density at radius 2 is 1.81 bits per heavy atom. The molecule has 31 heavy (non-hydrogen) atoms. The fraction of sp³-hybridized carbons (Fsp3) is 0.182. The van der Waals surface area contributed by atoms with Crippen molar-refractivity contribution >= 4 is 17.0 Å². The largest absolute Gasteiger partial charge is 0.493 e. The summed E-state index contributed by atoms with van der Waals surface area (Å²) in [6.45, 7) is 1.85. The van der Waals surface area contributed by atoms with E-state index in [1.54, 1.807) is 44.4 Å². The van der Waals surface area contributed by atoms with Gasteiger partial charge in [0, 0.05) is 5.56 Å². The average Bonchev–Trinajstić information content (AvgIpc) is 3.19. The standard InChI is InChI=1S/C22H20N4O5/c1-4-31-22(28)18-17-20(26(25-18)14-8-6-5-7-9-14)23-19(24-21(17)27)13-10-11-15(29-2)16(12-13)30-3/h5-12H,4H2,1-3H3,(H,23,24,27). The van der Waals surface area contributed by atoms with Crippen molar-refractivity contribution in [1.29, 1.82) is 0 Å². The third-order valence-electron chi connectivity index (χ3n) is 4.66. The van der Waals surface area contributed by atoms with E-state index in [1.807, 2.05) is 18.2 Å². The summed E-state index contributed by atoms with van der Waals surface area (Å²) in [5.74, 6) is 0.652. The van der Waals surface area contributed by atoms with Gasteiger partial charge in [-0.1, -0.05) is 18.2 Å². The van der Waals surface area contributed by atoms with Gasteiger partial charge in [-0.3, -0.25) is 4.79 Å². The highest BCUT2D eigenvalue weighted by atomic mass is 16.5. The van der Waals surface area contributed by atoms with Crippen LogP contribution in [0.3, 0.4) is 0 Å². The van der Waals surface area contributed by atoms with Gasteiger partial charge in [0.1, 0.15) is 11.2 Å². The van der Waals surface area contributed by atoms with E-state index in [0.717, 1.165) is 0 Å². The number of hydrogen-bond acceptors (Lipinski definition) is 7. The highest BCUT2D eigenvalue weighted by Gasteiger charge is 2.24. The highest BCUT2D eigenvalue weighted by molar-refractivity contribution is 6.01. The number of nitrogens with zero attached hydrogens (tertiary/aromatic N) is 3. The van der Waals surface area contributed by atoms with Crippen molar-refractivity contribution in [2.75, 3.05) is 20.8 Å². The molecule has 0 amide bonds. The van der Waals surface area contributed by atoms with Gasteiger partial charge in [0.25, 0.3) is 5.56 Å². The van der Waals surface area contributed by atoms with Crippen LogP contribution in [-0.2, 0) is 4.74 Å². The summed E-state index contributed by atoms with van der Waals surface area (Å²) in [7, 11) is 3.07. The number of ether oxygens (including phenoxy) is 3. The van der Waals surface area contributed by atoms with Gasteiger partial charge in [0.05, 0.1) is 26.5 Å². The third kappa shape index (κ3) is 3.61. The van der Waals surface area contributed by atoms with Crippen LogP contribution in [0.1, 0.15) is 17.4 Å². The molecular weight excluding hydrogens is 400 g/mol. The first kappa shape index (κ1) is 20.1. The zero-order valence-electron chi connectivity index (χ0n) is 17.2. The minimum atomic E-state index is -0.687. The smallest absolute Gasteiger partial charge is 0.359 e. The average molecular weight is 420 g/mol. The molecule has 0 fully saturated rings. The van der Waals surface area contributed by atoms with E-state index in [2.05, 4.69) is 15.1 Å². The summed E-state index contributed by atoms with van der Waals surface area (Å²) in [6.07, 6.45) is 0. The number of hydrogen-bond donors (Lipinski definition) is 1. The summed E-state index contributed by atoms with van der Waals surface area (Å²) < 4.78 is 17.2. The molecule has 2 heterocycles. The Balaban J connectivity index is 1.97. The number of methoxy groups -OCH3 is 2. The van der Waals surface area contributed by atoms with Crippen LogP contribution in [0.4, 0.5) is 0 Å². The quantitative estimate of drug-likeness (QED) is 0.478. The number of para-hydroxylation sites is 1. The minimum Gasteiger partial charge on any atom is -0.493 e. The van der Waals surface area contributed by atoms with Crippen molar-refractivity contribution in [3.63, 3.8) is 0 Å². The van der Waals surface area contributed by atoms with Crippen molar-refractivity contribution in [3.8, 4) is 28.6 Å². The second-order valence-corrected chi connectivity index (χ2v) is 6.50. The Bertz CT molecular complexity index is 1310. The minimum absolute atomic E-state index is 0.0616. The number of benzene rings is 2. The maximum Gasteiger partial charge on any atom is 0.359 e. The van der Waals surface area contributed by atoms with Crippen LogP contribution in [0.25, 0.3) is 28.1 Å². The summed E-state index contributed by atoms with van der Waals surface area (Å²) in [4.78, 5) is 32.8. The molecule has 0 spiro atoms. The van der Waals surface area contributed by atoms with E-state index in [4.69, 9.17) is 14.2 Å². The predicted octanol–water partition coefficient (Wildman–Crippen LogP) is 2.97. The molecule has 0 aliphatic carbocycles. The molecule has 9 heteroatoms. The van der Waals surface area contributed by atoms with Gasteiger partial charge in [-0.05, 0) is 37.3 Å².